The van der Waals surface area contributed by atoms with Gasteiger partial charge in [-0.05, 0) is 25.1 Å². The van der Waals surface area contributed by atoms with E-state index >= 15 is 0 Å². The molecule has 3 aromatic rings. The van der Waals surface area contributed by atoms with E-state index in [0.717, 1.165) is 11.3 Å². The van der Waals surface area contributed by atoms with Gasteiger partial charge in [-0.3, -0.25) is 0 Å². The summed E-state index contributed by atoms with van der Waals surface area (Å²) in [5, 5.41) is 3.80. The molecule has 1 aromatic carbocycles. The molecule has 2 N–H and O–H groups in total. The summed E-state index contributed by atoms with van der Waals surface area (Å²) < 4.78 is 14.8. The quantitative estimate of drug-likeness (QED) is 0.667. The molecule has 0 saturated heterocycles. The zero-order valence-corrected chi connectivity index (χ0v) is 9.76. The molecule has 2 heterocycles. The van der Waals surface area contributed by atoms with Gasteiger partial charge in [0, 0.05) is 16.8 Å². The fraction of sp³-hybridized carbons (Fsp3) is 0.0769. The summed E-state index contributed by atoms with van der Waals surface area (Å²) in [7, 11) is 0. The average Bonchev–Trinajstić information content (AvgIpc) is 2.73. The molecule has 0 bridgehead atoms. The van der Waals surface area contributed by atoms with Crippen LogP contribution in [0.5, 0.6) is 0 Å². The van der Waals surface area contributed by atoms with Crippen LogP contribution in [0.3, 0.4) is 0 Å². The topological polar surface area (TPSA) is 56.2 Å². The predicted octanol–water partition coefficient (Wildman–Crippen LogP) is 2.43. The summed E-state index contributed by atoms with van der Waals surface area (Å²) in [6.45, 7) is 1.67. The highest BCUT2D eigenvalue weighted by atomic mass is 19.1. The van der Waals surface area contributed by atoms with Crippen LogP contribution in [-0.4, -0.2) is 14.6 Å². The molecule has 0 atom stereocenters. The Balaban J connectivity index is 2.16. The van der Waals surface area contributed by atoms with Gasteiger partial charge in [-0.2, -0.15) is 4.39 Å². The maximum absolute atomic E-state index is 13.3. The number of benzene rings is 1. The van der Waals surface area contributed by atoms with Crippen LogP contribution < -0.4 is 5.73 Å². The first-order valence-electron chi connectivity index (χ1n) is 5.52. The fourth-order valence-corrected chi connectivity index (χ4v) is 1.78. The number of hydrogen-bond acceptors (Lipinski definition) is 3. The standard InChI is InChI=1S/C13H11FN4/c1-8-6-12-16-11(7-18(12)17-13(8)14)9-2-4-10(15)5-3-9/h2-7H,15H2,1H3. The molecule has 2 aromatic heterocycles. The Labute approximate surface area is 103 Å². The number of fused-ring (bicyclic) bond motifs is 1. The van der Waals surface area contributed by atoms with Crippen molar-refractivity contribution in [3.8, 4) is 11.3 Å². The van der Waals surface area contributed by atoms with Crippen LogP contribution in [0.2, 0.25) is 0 Å². The van der Waals surface area contributed by atoms with Gasteiger partial charge in [0.15, 0.2) is 5.65 Å². The van der Waals surface area contributed by atoms with Crippen molar-refractivity contribution in [2.24, 2.45) is 0 Å². The third kappa shape index (κ3) is 1.69. The highest BCUT2D eigenvalue weighted by molar-refractivity contribution is 5.64. The molecule has 3 rings (SSSR count). The minimum atomic E-state index is -0.483. The third-order valence-electron chi connectivity index (χ3n) is 2.79. The molecular weight excluding hydrogens is 231 g/mol. The number of halogens is 1. The number of nitrogens with zero attached hydrogens (tertiary/aromatic N) is 3. The molecule has 5 heteroatoms. The van der Waals surface area contributed by atoms with Gasteiger partial charge in [-0.15, -0.1) is 5.10 Å². The summed E-state index contributed by atoms with van der Waals surface area (Å²) in [5.74, 6) is -0.483. The van der Waals surface area contributed by atoms with Crippen LogP contribution in [0.1, 0.15) is 5.56 Å². The molecular formula is C13H11FN4. The van der Waals surface area contributed by atoms with Crippen molar-refractivity contribution in [1.29, 1.82) is 0 Å². The monoisotopic (exact) mass is 242 g/mol. The predicted molar refractivity (Wildman–Crippen MR) is 67.5 cm³/mol. The Kier molecular flexibility index (Phi) is 2.26. The van der Waals surface area contributed by atoms with Crippen molar-refractivity contribution in [3.63, 3.8) is 0 Å². The number of anilines is 1. The Morgan fingerprint density at radius 2 is 1.94 bits per heavy atom. The van der Waals surface area contributed by atoms with E-state index in [4.69, 9.17) is 5.73 Å². The fourth-order valence-electron chi connectivity index (χ4n) is 1.78. The van der Waals surface area contributed by atoms with E-state index in [1.165, 1.54) is 4.52 Å². The van der Waals surface area contributed by atoms with E-state index in [2.05, 4.69) is 10.1 Å². The lowest BCUT2D eigenvalue weighted by Gasteiger charge is -1.95. The van der Waals surface area contributed by atoms with Crippen LogP contribution in [0, 0.1) is 12.9 Å². The highest BCUT2D eigenvalue weighted by Crippen LogP contribution is 2.20. The highest BCUT2D eigenvalue weighted by Gasteiger charge is 2.07. The van der Waals surface area contributed by atoms with Gasteiger partial charge >= 0.3 is 0 Å². The van der Waals surface area contributed by atoms with Crippen molar-refractivity contribution in [3.05, 3.63) is 48.0 Å². The third-order valence-corrected chi connectivity index (χ3v) is 2.79. The zero-order chi connectivity index (χ0) is 12.7. The largest absolute Gasteiger partial charge is 0.399 e. The van der Waals surface area contributed by atoms with Crippen LogP contribution >= 0.6 is 0 Å². The minimum absolute atomic E-state index is 0.483. The Hall–Kier alpha value is -2.43. The van der Waals surface area contributed by atoms with Crippen LogP contribution in [0.15, 0.2) is 36.5 Å². The normalized spacial score (nSPS) is 11.0. The molecule has 0 radical (unpaired) electrons. The molecule has 0 amide bonds. The van der Waals surface area contributed by atoms with Crippen LogP contribution in [0.25, 0.3) is 16.9 Å². The average molecular weight is 242 g/mol. The van der Waals surface area contributed by atoms with Crippen molar-refractivity contribution in [2.75, 3.05) is 5.73 Å². The van der Waals surface area contributed by atoms with E-state index in [9.17, 15) is 4.39 Å². The molecule has 0 aliphatic heterocycles. The SMILES string of the molecule is Cc1cc2nc(-c3ccc(N)cc3)cn2nc1F. The second kappa shape index (κ2) is 3.80. The van der Waals surface area contributed by atoms with Crippen LogP contribution in [0.4, 0.5) is 10.1 Å². The molecule has 4 nitrogen and oxygen atoms in total. The maximum atomic E-state index is 13.3. The molecule has 0 aliphatic carbocycles. The lowest BCUT2D eigenvalue weighted by molar-refractivity contribution is 0.546. The summed E-state index contributed by atoms with van der Waals surface area (Å²) in [5.41, 5.74) is 9.10. The van der Waals surface area contributed by atoms with Crippen LogP contribution in [-0.2, 0) is 0 Å². The van der Waals surface area contributed by atoms with E-state index in [-0.39, 0.29) is 0 Å². The van der Waals surface area contributed by atoms with Gasteiger partial charge in [-0.1, -0.05) is 12.1 Å². The molecule has 18 heavy (non-hydrogen) atoms. The van der Waals surface area contributed by atoms with Crippen molar-refractivity contribution in [1.82, 2.24) is 14.6 Å². The number of rotatable bonds is 1. The number of hydrogen-bond donors (Lipinski definition) is 1. The van der Waals surface area contributed by atoms with Crippen molar-refractivity contribution < 1.29 is 4.39 Å². The summed E-state index contributed by atoms with van der Waals surface area (Å²) in [6.07, 6.45) is 1.70. The number of nitrogen functional groups attached to an aromatic ring is 1. The first kappa shape index (κ1) is 10.7. The smallest absolute Gasteiger partial charge is 0.234 e. The van der Waals surface area contributed by atoms with Gasteiger partial charge in [-0.25, -0.2) is 9.50 Å². The Morgan fingerprint density at radius 3 is 2.67 bits per heavy atom. The Morgan fingerprint density at radius 1 is 1.22 bits per heavy atom. The number of aromatic nitrogens is 3. The first-order chi connectivity index (χ1) is 8.63. The van der Waals surface area contributed by atoms with E-state index in [1.807, 2.05) is 12.1 Å². The number of imidazole rings is 1. The van der Waals surface area contributed by atoms with Gasteiger partial charge in [0.25, 0.3) is 0 Å². The molecule has 0 unspecified atom stereocenters. The van der Waals surface area contributed by atoms with E-state index < -0.39 is 5.95 Å². The molecule has 0 saturated carbocycles. The summed E-state index contributed by atoms with van der Waals surface area (Å²) in [4.78, 5) is 4.41. The van der Waals surface area contributed by atoms with Crippen molar-refractivity contribution in [2.45, 2.75) is 6.92 Å². The van der Waals surface area contributed by atoms with E-state index in [0.29, 0.717) is 16.9 Å². The summed E-state index contributed by atoms with van der Waals surface area (Å²) in [6, 6.07) is 9.03. The first-order valence-corrected chi connectivity index (χ1v) is 5.52. The summed E-state index contributed by atoms with van der Waals surface area (Å²) >= 11 is 0. The molecule has 0 fully saturated rings. The van der Waals surface area contributed by atoms with Crippen molar-refractivity contribution >= 4 is 11.3 Å². The van der Waals surface area contributed by atoms with Gasteiger partial charge in [0.05, 0.1) is 11.9 Å². The van der Waals surface area contributed by atoms with Gasteiger partial charge in [0.1, 0.15) is 0 Å². The molecule has 0 spiro atoms. The lowest BCUT2D eigenvalue weighted by atomic mass is 10.1. The zero-order valence-electron chi connectivity index (χ0n) is 9.76. The maximum Gasteiger partial charge on any atom is 0.234 e. The Bertz CT molecular complexity index is 677. The van der Waals surface area contributed by atoms with Gasteiger partial charge in [0.2, 0.25) is 5.95 Å². The minimum Gasteiger partial charge on any atom is -0.399 e. The number of aryl methyl sites for hydroxylation is 1. The lowest BCUT2D eigenvalue weighted by Crippen LogP contribution is -1.96. The second-order valence-corrected chi connectivity index (χ2v) is 4.17. The number of nitrogens with two attached hydrogens (primary N) is 1. The van der Waals surface area contributed by atoms with E-state index in [1.54, 1.807) is 31.3 Å². The van der Waals surface area contributed by atoms with Gasteiger partial charge < -0.3 is 5.73 Å². The molecule has 0 aliphatic rings. The molecule has 90 valence electrons. The second-order valence-electron chi connectivity index (χ2n) is 4.17.